The second kappa shape index (κ2) is 7.58. The molecule has 2 aliphatic rings. The lowest BCUT2D eigenvalue weighted by atomic mass is 9.73. The van der Waals surface area contributed by atoms with Crippen LogP contribution in [0.25, 0.3) is 0 Å². The summed E-state index contributed by atoms with van der Waals surface area (Å²) in [6, 6.07) is 16.0. The lowest BCUT2D eigenvalue weighted by Crippen LogP contribution is -2.31. The molecule has 1 heterocycles. The maximum Gasteiger partial charge on any atom is 0.163 e. The van der Waals surface area contributed by atoms with Crippen molar-refractivity contribution in [1.82, 2.24) is 0 Å². The van der Waals surface area contributed by atoms with Crippen molar-refractivity contribution in [2.45, 2.75) is 59.1 Å². The summed E-state index contributed by atoms with van der Waals surface area (Å²) in [5.74, 6) is 1.04. The normalized spacial score (nSPS) is 21.2. The smallest absolute Gasteiger partial charge is 0.163 e. The van der Waals surface area contributed by atoms with Gasteiger partial charge in [0.05, 0.1) is 23.5 Å². The third-order valence-corrected chi connectivity index (χ3v) is 5.85. The standard InChI is InChI=1S/C25H30N2O2/c1-5-16(2)29-22-13-9-6-10-17(22)24-23-20(14-25(3,4)15-21(23)28)26-18-11-7-8-12-19(18)27-24/h6-13,16,24,26-27H,5,14-15H2,1-4H3/t16-,24+/m0/s1. The van der Waals surface area contributed by atoms with Gasteiger partial charge in [-0.05, 0) is 43.4 Å². The third kappa shape index (κ3) is 3.89. The Morgan fingerprint density at radius 3 is 2.52 bits per heavy atom. The average molecular weight is 391 g/mol. The quantitative estimate of drug-likeness (QED) is 0.664. The number of carbonyl (C=O) groups is 1. The summed E-state index contributed by atoms with van der Waals surface area (Å²) in [6.07, 6.45) is 2.44. The highest BCUT2D eigenvalue weighted by Crippen LogP contribution is 2.46. The van der Waals surface area contributed by atoms with E-state index in [0.29, 0.717) is 6.42 Å². The lowest BCUT2D eigenvalue weighted by Gasteiger charge is -2.34. The number of carbonyl (C=O) groups excluding carboxylic acids is 1. The Bertz CT molecular complexity index is 961. The maximum absolute atomic E-state index is 13.3. The molecule has 0 saturated carbocycles. The van der Waals surface area contributed by atoms with Gasteiger partial charge in [-0.25, -0.2) is 0 Å². The van der Waals surface area contributed by atoms with Gasteiger partial charge in [-0.15, -0.1) is 0 Å². The summed E-state index contributed by atoms with van der Waals surface area (Å²) in [6.45, 7) is 8.52. The molecule has 4 rings (SSSR count). The van der Waals surface area contributed by atoms with E-state index >= 15 is 0 Å². The summed E-state index contributed by atoms with van der Waals surface area (Å²) < 4.78 is 6.24. The van der Waals surface area contributed by atoms with E-state index < -0.39 is 0 Å². The molecule has 0 radical (unpaired) electrons. The Hall–Kier alpha value is -2.75. The van der Waals surface area contributed by atoms with Crippen LogP contribution in [0.2, 0.25) is 0 Å². The van der Waals surface area contributed by atoms with Crippen molar-refractivity contribution in [2.75, 3.05) is 10.6 Å². The van der Waals surface area contributed by atoms with Crippen LogP contribution in [0.5, 0.6) is 5.75 Å². The predicted octanol–water partition coefficient (Wildman–Crippen LogP) is 6.09. The average Bonchev–Trinajstić information content (AvgIpc) is 2.83. The van der Waals surface area contributed by atoms with Gasteiger partial charge < -0.3 is 15.4 Å². The van der Waals surface area contributed by atoms with E-state index in [9.17, 15) is 4.79 Å². The topological polar surface area (TPSA) is 50.4 Å². The first-order valence-electron chi connectivity index (χ1n) is 10.5. The van der Waals surface area contributed by atoms with Crippen molar-refractivity contribution in [3.8, 4) is 5.75 Å². The van der Waals surface area contributed by atoms with Crippen LogP contribution >= 0.6 is 0 Å². The van der Waals surface area contributed by atoms with Gasteiger partial charge in [-0.3, -0.25) is 4.79 Å². The summed E-state index contributed by atoms with van der Waals surface area (Å²) in [5.41, 5.74) is 4.81. The zero-order chi connectivity index (χ0) is 20.6. The first kappa shape index (κ1) is 19.6. The van der Waals surface area contributed by atoms with E-state index in [1.54, 1.807) is 0 Å². The van der Waals surface area contributed by atoms with Gasteiger partial charge in [-0.1, -0.05) is 51.1 Å². The Morgan fingerprint density at radius 1 is 1.07 bits per heavy atom. The summed E-state index contributed by atoms with van der Waals surface area (Å²) in [7, 11) is 0. The van der Waals surface area contributed by atoms with E-state index in [1.807, 2.05) is 30.3 Å². The first-order valence-corrected chi connectivity index (χ1v) is 10.5. The fourth-order valence-electron chi connectivity index (χ4n) is 4.25. The fraction of sp³-hybridized carbons (Fsp3) is 0.400. The number of ketones is 1. The second-order valence-corrected chi connectivity index (χ2v) is 8.96. The molecule has 2 atom stereocenters. The lowest BCUT2D eigenvalue weighted by molar-refractivity contribution is -0.118. The van der Waals surface area contributed by atoms with Crippen molar-refractivity contribution in [1.29, 1.82) is 0 Å². The Balaban J connectivity index is 1.86. The minimum absolute atomic E-state index is 0.0561. The number of Topliss-reactive ketones (excluding diaryl/α,β-unsaturated/α-hetero) is 1. The van der Waals surface area contributed by atoms with Gasteiger partial charge in [0.25, 0.3) is 0 Å². The van der Waals surface area contributed by atoms with Gasteiger partial charge in [0.1, 0.15) is 5.75 Å². The number of hydrogen-bond acceptors (Lipinski definition) is 4. The monoisotopic (exact) mass is 390 g/mol. The molecule has 2 aromatic carbocycles. The van der Waals surface area contributed by atoms with Crippen molar-refractivity contribution in [3.63, 3.8) is 0 Å². The van der Waals surface area contributed by atoms with Crippen LogP contribution in [-0.4, -0.2) is 11.9 Å². The molecule has 1 aliphatic heterocycles. The van der Waals surface area contributed by atoms with E-state index in [0.717, 1.165) is 46.8 Å². The molecule has 0 fully saturated rings. The molecule has 0 bridgehead atoms. The molecule has 0 unspecified atom stereocenters. The van der Waals surface area contributed by atoms with Gasteiger partial charge in [0.15, 0.2) is 5.78 Å². The van der Waals surface area contributed by atoms with E-state index in [-0.39, 0.29) is 23.3 Å². The van der Waals surface area contributed by atoms with Crippen molar-refractivity contribution >= 4 is 17.2 Å². The first-order chi connectivity index (χ1) is 13.9. The summed E-state index contributed by atoms with van der Waals surface area (Å²) >= 11 is 0. The minimum Gasteiger partial charge on any atom is -0.490 e. The highest BCUT2D eigenvalue weighted by atomic mass is 16.5. The molecule has 0 amide bonds. The molecule has 4 nitrogen and oxygen atoms in total. The molecule has 0 saturated heterocycles. The number of nitrogens with one attached hydrogen (secondary N) is 2. The van der Waals surface area contributed by atoms with Crippen LogP contribution in [0.3, 0.4) is 0 Å². The number of hydrogen-bond donors (Lipinski definition) is 2. The van der Waals surface area contributed by atoms with Crippen LogP contribution < -0.4 is 15.4 Å². The molecular weight excluding hydrogens is 360 g/mol. The molecule has 0 spiro atoms. The van der Waals surface area contributed by atoms with E-state index in [4.69, 9.17) is 4.74 Å². The summed E-state index contributed by atoms with van der Waals surface area (Å²) in [4.78, 5) is 13.3. The molecule has 2 N–H and O–H groups in total. The number of fused-ring (bicyclic) bond motifs is 1. The molecule has 29 heavy (non-hydrogen) atoms. The van der Waals surface area contributed by atoms with E-state index in [2.05, 4.69) is 56.5 Å². The van der Waals surface area contributed by atoms with Crippen LogP contribution in [-0.2, 0) is 4.79 Å². The van der Waals surface area contributed by atoms with Gasteiger partial charge in [-0.2, -0.15) is 0 Å². The molecular formula is C25H30N2O2. The predicted molar refractivity (Wildman–Crippen MR) is 118 cm³/mol. The second-order valence-electron chi connectivity index (χ2n) is 8.96. The minimum atomic E-state index is -0.245. The molecule has 1 aliphatic carbocycles. The van der Waals surface area contributed by atoms with Crippen LogP contribution in [0.1, 0.15) is 58.6 Å². The van der Waals surface area contributed by atoms with Crippen LogP contribution in [0, 0.1) is 5.41 Å². The largest absolute Gasteiger partial charge is 0.490 e. The maximum atomic E-state index is 13.3. The number of allylic oxidation sites excluding steroid dienone is 1. The zero-order valence-corrected chi connectivity index (χ0v) is 17.7. The van der Waals surface area contributed by atoms with Crippen molar-refractivity contribution < 1.29 is 9.53 Å². The molecule has 152 valence electrons. The SMILES string of the molecule is CC[C@H](C)Oc1ccccc1[C@H]1Nc2ccccc2NC2=C1C(=O)CC(C)(C)C2. The Kier molecular flexibility index (Phi) is 5.12. The molecule has 4 heteroatoms. The third-order valence-electron chi connectivity index (χ3n) is 5.85. The highest BCUT2D eigenvalue weighted by Gasteiger charge is 2.39. The number of benzene rings is 2. The van der Waals surface area contributed by atoms with Crippen molar-refractivity contribution in [3.05, 3.63) is 65.4 Å². The highest BCUT2D eigenvalue weighted by molar-refractivity contribution is 6.01. The zero-order valence-electron chi connectivity index (χ0n) is 17.7. The van der Waals surface area contributed by atoms with Crippen LogP contribution in [0.15, 0.2) is 59.8 Å². The van der Waals surface area contributed by atoms with Crippen LogP contribution in [0.4, 0.5) is 11.4 Å². The number of ether oxygens (including phenoxy) is 1. The Labute approximate surface area is 173 Å². The fourth-order valence-corrected chi connectivity index (χ4v) is 4.25. The number of para-hydroxylation sites is 3. The summed E-state index contributed by atoms with van der Waals surface area (Å²) in [5, 5.41) is 7.22. The van der Waals surface area contributed by atoms with Gasteiger partial charge in [0, 0.05) is 23.3 Å². The van der Waals surface area contributed by atoms with Gasteiger partial charge >= 0.3 is 0 Å². The van der Waals surface area contributed by atoms with E-state index in [1.165, 1.54) is 0 Å². The molecule has 2 aromatic rings. The molecule has 0 aromatic heterocycles. The number of anilines is 2. The Morgan fingerprint density at radius 2 is 1.76 bits per heavy atom. The van der Waals surface area contributed by atoms with Gasteiger partial charge in [0.2, 0.25) is 0 Å². The van der Waals surface area contributed by atoms with Crippen molar-refractivity contribution in [2.24, 2.45) is 5.41 Å². The number of rotatable bonds is 4.